The first kappa shape index (κ1) is 16.7. The highest BCUT2D eigenvalue weighted by atomic mass is 35.5. The molecule has 0 spiro atoms. The fourth-order valence-corrected chi connectivity index (χ4v) is 3.03. The summed E-state index contributed by atoms with van der Waals surface area (Å²) in [6.45, 7) is 5.51. The summed E-state index contributed by atoms with van der Waals surface area (Å²) in [6.07, 6.45) is 0. The van der Waals surface area contributed by atoms with Crippen LogP contribution < -0.4 is 10.9 Å². The maximum Gasteiger partial charge on any atom is 0.261 e. The van der Waals surface area contributed by atoms with Crippen molar-refractivity contribution < 1.29 is 0 Å². The number of halogens is 1. The molecule has 4 nitrogen and oxygen atoms in total. The van der Waals surface area contributed by atoms with Crippen LogP contribution in [-0.4, -0.2) is 22.1 Å². The number of hydrogen-bond donors (Lipinski definition) is 1. The lowest BCUT2D eigenvalue weighted by Gasteiger charge is -2.18. The fraction of sp³-hybridized carbons (Fsp3) is 0.263. The highest BCUT2D eigenvalue weighted by Crippen LogP contribution is 2.21. The van der Waals surface area contributed by atoms with Gasteiger partial charge in [0.2, 0.25) is 0 Å². The lowest BCUT2D eigenvalue weighted by molar-refractivity contribution is 0.483. The minimum absolute atomic E-state index is 0.0638. The van der Waals surface area contributed by atoms with Crippen molar-refractivity contribution in [2.75, 3.05) is 6.54 Å². The third-order valence-corrected chi connectivity index (χ3v) is 4.19. The summed E-state index contributed by atoms with van der Waals surface area (Å²) >= 11 is 6.07. The number of nitrogens with one attached hydrogen (secondary N) is 1. The minimum atomic E-state index is -0.0638. The molecule has 0 saturated heterocycles. The molecule has 2 aromatic carbocycles. The van der Waals surface area contributed by atoms with Gasteiger partial charge in [-0.3, -0.25) is 9.36 Å². The van der Waals surface area contributed by atoms with Crippen LogP contribution >= 0.6 is 11.6 Å². The molecule has 1 heterocycles. The summed E-state index contributed by atoms with van der Waals surface area (Å²) in [7, 11) is 0. The summed E-state index contributed by atoms with van der Waals surface area (Å²) in [5, 5.41) is 4.43. The van der Waals surface area contributed by atoms with Gasteiger partial charge in [-0.2, -0.15) is 0 Å². The topological polar surface area (TPSA) is 46.9 Å². The molecule has 0 amide bonds. The van der Waals surface area contributed by atoms with E-state index >= 15 is 0 Å². The third-order valence-electron chi connectivity index (χ3n) is 3.96. The van der Waals surface area contributed by atoms with E-state index in [2.05, 4.69) is 19.2 Å². The van der Waals surface area contributed by atoms with Crippen LogP contribution in [-0.2, 0) is 6.54 Å². The van der Waals surface area contributed by atoms with Crippen molar-refractivity contribution in [1.29, 1.82) is 0 Å². The molecule has 0 bridgehead atoms. The Balaban J connectivity index is 2.24. The molecule has 0 aliphatic carbocycles. The van der Waals surface area contributed by atoms with Crippen LogP contribution in [0.3, 0.4) is 0 Å². The molecule has 0 aliphatic heterocycles. The number of hydrogen-bond acceptors (Lipinski definition) is 3. The number of benzene rings is 2. The number of likely N-dealkylation sites (N-methyl/N-ethyl adjacent to an activating group) is 1. The molecule has 1 unspecified atom stereocenters. The molecule has 24 heavy (non-hydrogen) atoms. The van der Waals surface area contributed by atoms with Gasteiger partial charge >= 0.3 is 0 Å². The first-order chi connectivity index (χ1) is 11.6. The molecule has 3 aromatic rings. The highest BCUT2D eigenvalue weighted by Gasteiger charge is 2.15. The number of fused-ring (bicyclic) bond motifs is 1. The smallest absolute Gasteiger partial charge is 0.261 e. The molecule has 0 radical (unpaired) electrons. The average molecular weight is 342 g/mol. The van der Waals surface area contributed by atoms with Gasteiger partial charge in [-0.1, -0.05) is 48.9 Å². The van der Waals surface area contributed by atoms with Gasteiger partial charge in [0, 0.05) is 23.2 Å². The van der Waals surface area contributed by atoms with Gasteiger partial charge < -0.3 is 5.32 Å². The summed E-state index contributed by atoms with van der Waals surface area (Å²) in [6, 6.07) is 15.2. The van der Waals surface area contributed by atoms with E-state index in [0.717, 1.165) is 12.1 Å². The lowest BCUT2D eigenvalue weighted by Crippen LogP contribution is -2.35. The normalized spacial score (nSPS) is 12.5. The van der Waals surface area contributed by atoms with E-state index < -0.39 is 0 Å². The minimum Gasteiger partial charge on any atom is -0.313 e. The second-order valence-electron chi connectivity index (χ2n) is 5.84. The predicted octanol–water partition coefficient (Wildman–Crippen LogP) is 3.71. The molecular weight excluding hydrogens is 322 g/mol. The molecule has 124 valence electrons. The van der Waals surface area contributed by atoms with Crippen molar-refractivity contribution in [3.8, 4) is 11.4 Å². The number of rotatable bonds is 5. The molecule has 0 fully saturated rings. The van der Waals surface area contributed by atoms with Crippen LogP contribution in [0.5, 0.6) is 0 Å². The largest absolute Gasteiger partial charge is 0.313 e. The molecule has 0 saturated carbocycles. The SMILES string of the molecule is CCNC(C)Cn1c(-c2ccccc2)nc2ccc(Cl)cc2c1=O. The second kappa shape index (κ2) is 7.16. The maximum atomic E-state index is 13.1. The molecule has 0 aliphatic rings. The molecule has 1 N–H and O–H groups in total. The Morgan fingerprint density at radius 3 is 2.67 bits per heavy atom. The zero-order chi connectivity index (χ0) is 17.1. The van der Waals surface area contributed by atoms with Gasteiger partial charge in [0.05, 0.1) is 10.9 Å². The summed E-state index contributed by atoms with van der Waals surface area (Å²) in [5.74, 6) is 0.681. The quantitative estimate of drug-likeness (QED) is 0.769. The van der Waals surface area contributed by atoms with Gasteiger partial charge in [-0.05, 0) is 31.7 Å². The summed E-state index contributed by atoms with van der Waals surface area (Å²) in [4.78, 5) is 17.8. The first-order valence-corrected chi connectivity index (χ1v) is 8.47. The second-order valence-corrected chi connectivity index (χ2v) is 6.27. The average Bonchev–Trinajstić information content (AvgIpc) is 2.59. The summed E-state index contributed by atoms with van der Waals surface area (Å²) in [5.41, 5.74) is 1.52. The van der Waals surface area contributed by atoms with E-state index in [1.807, 2.05) is 30.3 Å². The zero-order valence-electron chi connectivity index (χ0n) is 13.8. The van der Waals surface area contributed by atoms with Crippen molar-refractivity contribution in [3.63, 3.8) is 0 Å². The Kier molecular flexibility index (Phi) is 4.97. The molecule has 1 atom stereocenters. The van der Waals surface area contributed by atoms with Gasteiger partial charge in [0.25, 0.3) is 5.56 Å². The Morgan fingerprint density at radius 2 is 1.96 bits per heavy atom. The van der Waals surface area contributed by atoms with Crippen LogP contribution in [0.2, 0.25) is 5.02 Å². The Bertz CT molecular complexity index is 906. The van der Waals surface area contributed by atoms with E-state index in [1.54, 1.807) is 22.8 Å². The Hall–Kier alpha value is -2.17. The van der Waals surface area contributed by atoms with E-state index in [1.165, 1.54) is 0 Å². The number of nitrogens with zero attached hydrogens (tertiary/aromatic N) is 2. The molecule has 3 rings (SSSR count). The van der Waals surface area contributed by atoms with Crippen LogP contribution in [0.15, 0.2) is 53.3 Å². The van der Waals surface area contributed by atoms with E-state index in [-0.39, 0.29) is 11.6 Å². The molecular formula is C19H20ClN3O. The predicted molar refractivity (Wildman–Crippen MR) is 99.6 cm³/mol. The van der Waals surface area contributed by atoms with Gasteiger partial charge in [-0.25, -0.2) is 4.98 Å². The van der Waals surface area contributed by atoms with Crippen LogP contribution in [0.25, 0.3) is 22.3 Å². The molecule has 5 heteroatoms. The van der Waals surface area contributed by atoms with Crippen LogP contribution in [0, 0.1) is 0 Å². The first-order valence-electron chi connectivity index (χ1n) is 8.09. The third kappa shape index (κ3) is 3.35. The standard InChI is InChI=1S/C19H20ClN3O/c1-3-21-13(2)12-23-18(14-7-5-4-6-8-14)22-17-10-9-15(20)11-16(17)19(23)24/h4-11,13,21H,3,12H2,1-2H3. The Morgan fingerprint density at radius 1 is 1.21 bits per heavy atom. The zero-order valence-corrected chi connectivity index (χ0v) is 14.5. The highest BCUT2D eigenvalue weighted by molar-refractivity contribution is 6.31. The van der Waals surface area contributed by atoms with E-state index in [0.29, 0.717) is 28.3 Å². The van der Waals surface area contributed by atoms with Crippen molar-refractivity contribution in [1.82, 2.24) is 14.9 Å². The van der Waals surface area contributed by atoms with Gasteiger partial charge in [0.15, 0.2) is 0 Å². The van der Waals surface area contributed by atoms with Crippen molar-refractivity contribution in [2.45, 2.75) is 26.4 Å². The lowest BCUT2D eigenvalue weighted by atomic mass is 10.1. The monoisotopic (exact) mass is 341 g/mol. The van der Waals surface area contributed by atoms with E-state index in [4.69, 9.17) is 16.6 Å². The maximum absolute atomic E-state index is 13.1. The van der Waals surface area contributed by atoms with E-state index in [9.17, 15) is 4.79 Å². The van der Waals surface area contributed by atoms with Crippen molar-refractivity contribution in [3.05, 3.63) is 63.9 Å². The van der Waals surface area contributed by atoms with Crippen molar-refractivity contribution in [2.24, 2.45) is 0 Å². The summed E-state index contributed by atoms with van der Waals surface area (Å²) < 4.78 is 1.74. The number of aromatic nitrogens is 2. The molecule has 1 aromatic heterocycles. The fourth-order valence-electron chi connectivity index (χ4n) is 2.86. The van der Waals surface area contributed by atoms with Gasteiger partial charge in [0.1, 0.15) is 5.82 Å². The Labute approximate surface area is 146 Å². The van der Waals surface area contributed by atoms with Crippen molar-refractivity contribution >= 4 is 22.5 Å². The van der Waals surface area contributed by atoms with Crippen LogP contribution in [0.1, 0.15) is 13.8 Å². The van der Waals surface area contributed by atoms with Crippen LogP contribution in [0.4, 0.5) is 0 Å². The van der Waals surface area contributed by atoms with Gasteiger partial charge in [-0.15, -0.1) is 0 Å².